The number of anilines is 1. The minimum atomic E-state index is -0.592. The molecule has 0 spiro atoms. The maximum absolute atomic E-state index is 13.0. The van der Waals surface area contributed by atoms with Gasteiger partial charge in [-0.1, -0.05) is 73.3 Å². The molecule has 3 aromatic rings. The van der Waals surface area contributed by atoms with Crippen molar-refractivity contribution in [1.82, 2.24) is 4.90 Å². The monoisotopic (exact) mass is 454 g/mol. The zero-order chi connectivity index (χ0) is 22.8. The highest BCUT2D eigenvalue weighted by molar-refractivity contribution is 8.14. The zero-order valence-electron chi connectivity index (χ0n) is 18.1. The molecule has 0 radical (unpaired) electrons. The summed E-state index contributed by atoms with van der Waals surface area (Å²) in [7, 11) is 0. The number of fused-ring (bicyclic) bond motifs is 3. The topological polar surface area (TPSA) is 74.1 Å². The highest BCUT2D eigenvalue weighted by atomic mass is 32.2. The van der Waals surface area contributed by atoms with E-state index in [1.165, 1.54) is 17.3 Å². The van der Waals surface area contributed by atoms with Crippen molar-refractivity contribution in [2.45, 2.75) is 19.4 Å². The largest absolute Gasteiger partial charge is 0.325 e. The molecule has 0 bridgehead atoms. The molecule has 2 heterocycles. The number of hydrogen-bond acceptors (Lipinski definition) is 5. The maximum atomic E-state index is 13.0. The van der Waals surface area contributed by atoms with Gasteiger partial charge in [0.25, 0.3) is 5.91 Å². The average molecular weight is 455 g/mol. The minimum absolute atomic E-state index is 0.133. The molecule has 1 N–H and O–H groups in total. The van der Waals surface area contributed by atoms with Gasteiger partial charge in [-0.15, -0.1) is 0 Å². The molecule has 6 nitrogen and oxygen atoms in total. The first kappa shape index (κ1) is 21.2. The zero-order valence-corrected chi connectivity index (χ0v) is 18.9. The molecule has 0 aromatic heterocycles. The van der Waals surface area contributed by atoms with Crippen molar-refractivity contribution in [2.24, 2.45) is 9.98 Å². The molecule has 1 unspecified atom stereocenters. The van der Waals surface area contributed by atoms with Crippen LogP contribution in [0.3, 0.4) is 0 Å². The number of aliphatic imine (C=N–C) groups is 2. The molecular formula is C26H22N4O2S. The Bertz CT molecular complexity index is 1270. The molecule has 0 fully saturated rings. The number of nitrogens with one attached hydrogen (secondary N) is 1. The maximum Gasteiger partial charge on any atom is 0.275 e. The summed E-state index contributed by atoms with van der Waals surface area (Å²) in [5.41, 5.74) is 4.38. The van der Waals surface area contributed by atoms with E-state index in [2.05, 4.69) is 17.2 Å². The first-order valence-corrected chi connectivity index (χ1v) is 11.8. The number of aryl methyl sites for hydroxylation is 1. The fourth-order valence-corrected chi connectivity index (χ4v) is 4.77. The number of carbonyl (C=O) groups excluding carboxylic acids is 2. The molecule has 1 atom stereocenters. The van der Waals surface area contributed by atoms with E-state index in [4.69, 9.17) is 4.99 Å². The van der Waals surface area contributed by atoms with Crippen molar-refractivity contribution in [1.29, 1.82) is 0 Å². The van der Waals surface area contributed by atoms with Crippen LogP contribution < -0.4 is 5.32 Å². The van der Waals surface area contributed by atoms with Crippen LogP contribution in [0.5, 0.6) is 0 Å². The van der Waals surface area contributed by atoms with E-state index in [1.807, 2.05) is 83.8 Å². The van der Waals surface area contributed by atoms with Crippen LogP contribution in [0.2, 0.25) is 0 Å². The van der Waals surface area contributed by atoms with Crippen molar-refractivity contribution in [3.05, 3.63) is 95.6 Å². The first-order valence-electron chi connectivity index (χ1n) is 10.8. The predicted molar refractivity (Wildman–Crippen MR) is 133 cm³/mol. The van der Waals surface area contributed by atoms with Gasteiger partial charge in [0.05, 0.1) is 11.4 Å². The van der Waals surface area contributed by atoms with Crippen LogP contribution in [-0.4, -0.2) is 33.5 Å². The molecule has 7 heteroatoms. The van der Waals surface area contributed by atoms with Crippen molar-refractivity contribution in [2.75, 3.05) is 11.1 Å². The quantitative estimate of drug-likeness (QED) is 0.592. The Morgan fingerprint density at radius 1 is 0.970 bits per heavy atom. The molecule has 2 aliphatic rings. The smallest absolute Gasteiger partial charge is 0.275 e. The third-order valence-corrected chi connectivity index (χ3v) is 6.55. The summed E-state index contributed by atoms with van der Waals surface area (Å²) in [4.78, 5) is 36.6. The van der Waals surface area contributed by atoms with E-state index in [9.17, 15) is 9.59 Å². The van der Waals surface area contributed by atoms with E-state index in [0.717, 1.165) is 28.9 Å². The number of benzene rings is 3. The molecule has 2 aliphatic heterocycles. The Kier molecular flexibility index (Phi) is 5.79. The molecular weight excluding hydrogens is 432 g/mol. The second-order valence-corrected chi connectivity index (χ2v) is 8.70. The van der Waals surface area contributed by atoms with Gasteiger partial charge >= 0.3 is 0 Å². The van der Waals surface area contributed by atoms with Gasteiger partial charge in [0.15, 0.2) is 5.17 Å². The Balaban J connectivity index is 1.40. The van der Waals surface area contributed by atoms with Crippen molar-refractivity contribution in [3.63, 3.8) is 0 Å². The SMILES string of the molecule is CCc1ccc(NC(=O)CSC2=Nc3ccccc3C3=NC(=O)C(c4ccccc4)N23)cc1. The predicted octanol–water partition coefficient (Wildman–Crippen LogP) is 4.95. The van der Waals surface area contributed by atoms with Crippen LogP contribution in [-0.2, 0) is 16.0 Å². The van der Waals surface area contributed by atoms with Gasteiger partial charge < -0.3 is 5.32 Å². The molecule has 3 aromatic carbocycles. The van der Waals surface area contributed by atoms with E-state index >= 15 is 0 Å². The fraction of sp³-hybridized carbons (Fsp3) is 0.154. The highest BCUT2D eigenvalue weighted by Crippen LogP contribution is 2.39. The lowest BCUT2D eigenvalue weighted by Crippen LogP contribution is -2.39. The van der Waals surface area contributed by atoms with Crippen molar-refractivity contribution >= 4 is 46.0 Å². The Labute approximate surface area is 196 Å². The Hall–Kier alpha value is -3.71. The summed E-state index contributed by atoms with van der Waals surface area (Å²) >= 11 is 1.30. The van der Waals surface area contributed by atoms with Crippen LogP contribution >= 0.6 is 11.8 Å². The van der Waals surface area contributed by atoms with Crippen molar-refractivity contribution in [3.8, 4) is 0 Å². The van der Waals surface area contributed by atoms with Crippen LogP contribution in [0.15, 0.2) is 88.8 Å². The van der Waals surface area contributed by atoms with Crippen molar-refractivity contribution < 1.29 is 9.59 Å². The number of rotatable bonds is 5. The van der Waals surface area contributed by atoms with E-state index in [0.29, 0.717) is 11.0 Å². The summed E-state index contributed by atoms with van der Waals surface area (Å²) in [5.74, 6) is 0.376. The molecule has 164 valence electrons. The second-order valence-electron chi connectivity index (χ2n) is 7.76. The van der Waals surface area contributed by atoms with Crippen LogP contribution in [0, 0.1) is 0 Å². The van der Waals surface area contributed by atoms with Gasteiger partial charge in [-0.2, -0.15) is 4.99 Å². The molecule has 0 saturated carbocycles. The number of nitrogens with zero attached hydrogens (tertiary/aromatic N) is 3. The molecule has 2 amide bonds. The Morgan fingerprint density at radius 3 is 2.45 bits per heavy atom. The average Bonchev–Trinajstić information content (AvgIpc) is 3.21. The summed E-state index contributed by atoms with van der Waals surface area (Å²) in [6, 6.07) is 24.4. The lowest BCUT2D eigenvalue weighted by Gasteiger charge is -2.31. The van der Waals surface area contributed by atoms with Crippen LogP contribution in [0.25, 0.3) is 0 Å². The third kappa shape index (κ3) is 4.19. The summed E-state index contributed by atoms with van der Waals surface area (Å²) in [5, 5.41) is 3.52. The van der Waals surface area contributed by atoms with E-state index in [-0.39, 0.29) is 17.6 Å². The molecule has 33 heavy (non-hydrogen) atoms. The summed E-state index contributed by atoms with van der Waals surface area (Å²) < 4.78 is 0. The number of amides is 2. The number of hydrogen-bond donors (Lipinski definition) is 1. The van der Waals surface area contributed by atoms with Gasteiger partial charge in [-0.25, -0.2) is 4.99 Å². The van der Waals surface area contributed by atoms with E-state index in [1.54, 1.807) is 0 Å². The fourth-order valence-electron chi connectivity index (χ4n) is 3.94. The minimum Gasteiger partial charge on any atom is -0.325 e. The van der Waals surface area contributed by atoms with Gasteiger partial charge in [-0.05, 0) is 41.8 Å². The lowest BCUT2D eigenvalue weighted by atomic mass is 10.0. The van der Waals surface area contributed by atoms with E-state index < -0.39 is 6.04 Å². The van der Waals surface area contributed by atoms with Gasteiger partial charge in [0, 0.05) is 11.3 Å². The van der Waals surface area contributed by atoms with Crippen LogP contribution in [0.4, 0.5) is 11.4 Å². The second kappa shape index (κ2) is 9.03. The van der Waals surface area contributed by atoms with Gasteiger partial charge in [0.1, 0.15) is 11.9 Å². The number of thioether (sulfide) groups is 1. The first-order chi connectivity index (χ1) is 16.1. The van der Waals surface area contributed by atoms with Crippen LogP contribution in [0.1, 0.15) is 29.7 Å². The molecule has 0 saturated heterocycles. The summed E-state index contributed by atoms with van der Waals surface area (Å²) in [6.07, 6.45) is 0.951. The Morgan fingerprint density at radius 2 is 1.70 bits per heavy atom. The molecule has 5 rings (SSSR count). The lowest BCUT2D eigenvalue weighted by molar-refractivity contribution is -0.119. The highest BCUT2D eigenvalue weighted by Gasteiger charge is 2.42. The summed E-state index contributed by atoms with van der Waals surface area (Å²) in [6.45, 7) is 2.09. The standard InChI is InChI=1S/C26H22N4O2S/c1-2-17-12-14-19(15-13-17)27-22(31)16-33-26-28-21-11-7-6-10-20(21)24-29-25(32)23(30(24)26)18-8-4-3-5-9-18/h3-15,23H,2,16H2,1H3,(H,27,31). The van der Waals surface area contributed by atoms with Gasteiger partial charge in [-0.3, -0.25) is 14.5 Å². The number of para-hydroxylation sites is 1. The number of amidine groups is 2. The number of carbonyl (C=O) groups is 2. The normalized spacial score (nSPS) is 16.6. The molecule has 0 aliphatic carbocycles. The van der Waals surface area contributed by atoms with Gasteiger partial charge in [0.2, 0.25) is 5.91 Å². The third-order valence-electron chi connectivity index (χ3n) is 5.60.